The van der Waals surface area contributed by atoms with E-state index >= 15 is 0 Å². The molecule has 0 aliphatic heterocycles. The number of carboxylic acid groups (broad SMARTS) is 1. The van der Waals surface area contributed by atoms with Crippen LogP contribution in [0.5, 0.6) is 5.75 Å². The Morgan fingerprint density at radius 1 is 1.07 bits per heavy atom. The van der Waals surface area contributed by atoms with Crippen molar-refractivity contribution in [2.24, 2.45) is 11.8 Å². The first-order valence-corrected chi connectivity index (χ1v) is 10.3. The van der Waals surface area contributed by atoms with E-state index in [0.717, 1.165) is 37.4 Å². The van der Waals surface area contributed by atoms with E-state index in [1.54, 1.807) is 0 Å². The van der Waals surface area contributed by atoms with Crippen LogP contribution < -0.4 is 15.4 Å². The lowest BCUT2D eigenvalue weighted by molar-refractivity contribution is -0.139. The molecule has 3 N–H and O–H groups in total. The molecule has 0 aromatic heterocycles. The number of carbonyl (C=O) groups is 2. The second-order valence-electron chi connectivity index (χ2n) is 8.47. The van der Waals surface area contributed by atoms with Crippen molar-refractivity contribution in [3.63, 3.8) is 0 Å². The number of ether oxygens (including phenoxy) is 1. The summed E-state index contributed by atoms with van der Waals surface area (Å²) >= 11 is 0. The number of hydrogen-bond donors (Lipinski definition) is 3. The summed E-state index contributed by atoms with van der Waals surface area (Å²) in [5.41, 5.74) is 0.730. The Kier molecular flexibility index (Phi) is 5.71. The van der Waals surface area contributed by atoms with E-state index < -0.39 is 5.97 Å². The smallest absolute Gasteiger partial charge is 0.319 e. The molecule has 0 heterocycles. The van der Waals surface area contributed by atoms with E-state index in [-0.39, 0.29) is 24.7 Å². The van der Waals surface area contributed by atoms with Gasteiger partial charge in [0.2, 0.25) is 0 Å². The highest BCUT2D eigenvalue weighted by Gasteiger charge is 2.37. The second kappa shape index (κ2) is 8.39. The third-order valence-electron chi connectivity index (χ3n) is 5.79. The van der Waals surface area contributed by atoms with Gasteiger partial charge in [-0.2, -0.15) is 0 Å². The minimum atomic E-state index is -0.778. The molecule has 28 heavy (non-hydrogen) atoms. The fourth-order valence-electron chi connectivity index (χ4n) is 3.64. The van der Waals surface area contributed by atoms with Crippen LogP contribution in [0.3, 0.4) is 0 Å². The van der Waals surface area contributed by atoms with Gasteiger partial charge in [-0.25, -0.2) is 4.79 Å². The summed E-state index contributed by atoms with van der Waals surface area (Å²) in [6, 6.07) is 7.57. The molecule has 0 bridgehead atoms. The SMILES string of the molecule is O=C(O)CN(CC1CC1)C1CC(NC(=O)Nc2ccc(OCC3CC3)cc2)C1. The zero-order valence-electron chi connectivity index (χ0n) is 16.1. The molecule has 0 spiro atoms. The molecule has 0 unspecified atom stereocenters. The van der Waals surface area contributed by atoms with Crippen molar-refractivity contribution < 1.29 is 19.4 Å². The Balaban J connectivity index is 1.17. The van der Waals surface area contributed by atoms with Gasteiger partial charge >= 0.3 is 12.0 Å². The normalized spacial score (nSPS) is 23.8. The summed E-state index contributed by atoms with van der Waals surface area (Å²) in [6.07, 6.45) is 6.55. The lowest BCUT2D eigenvalue weighted by atomic mass is 9.85. The van der Waals surface area contributed by atoms with Crippen LogP contribution in [-0.2, 0) is 4.79 Å². The van der Waals surface area contributed by atoms with Gasteiger partial charge in [0, 0.05) is 24.3 Å². The lowest BCUT2D eigenvalue weighted by Gasteiger charge is -2.42. The van der Waals surface area contributed by atoms with Crippen LogP contribution in [0.4, 0.5) is 10.5 Å². The van der Waals surface area contributed by atoms with Gasteiger partial charge in [-0.1, -0.05) is 0 Å². The molecule has 1 aromatic carbocycles. The highest BCUT2D eigenvalue weighted by atomic mass is 16.5. The van der Waals surface area contributed by atoms with E-state index in [4.69, 9.17) is 9.84 Å². The molecule has 3 aliphatic rings. The summed E-state index contributed by atoms with van der Waals surface area (Å²) in [5.74, 6) is 1.42. The van der Waals surface area contributed by atoms with Crippen molar-refractivity contribution >= 4 is 17.7 Å². The minimum Gasteiger partial charge on any atom is -0.493 e. The maximum Gasteiger partial charge on any atom is 0.319 e. The molecule has 4 rings (SSSR count). The number of benzene rings is 1. The highest BCUT2D eigenvalue weighted by molar-refractivity contribution is 5.89. The first-order valence-electron chi connectivity index (χ1n) is 10.3. The quantitative estimate of drug-likeness (QED) is 0.574. The zero-order chi connectivity index (χ0) is 19.5. The Bertz CT molecular complexity index is 694. The second-order valence-corrected chi connectivity index (χ2v) is 8.47. The summed E-state index contributed by atoms with van der Waals surface area (Å²) < 4.78 is 5.70. The van der Waals surface area contributed by atoms with E-state index in [1.807, 2.05) is 24.3 Å². The Hall–Kier alpha value is -2.28. The molecular weight excluding hydrogens is 358 g/mol. The average Bonchev–Trinajstić information content (AvgIpc) is 3.51. The largest absolute Gasteiger partial charge is 0.493 e. The first-order chi connectivity index (χ1) is 13.5. The number of hydrogen-bond acceptors (Lipinski definition) is 4. The first kappa shape index (κ1) is 19.1. The van der Waals surface area contributed by atoms with Crippen LogP contribution in [0.25, 0.3) is 0 Å². The molecule has 3 aliphatic carbocycles. The molecule has 2 amide bonds. The maximum absolute atomic E-state index is 12.2. The van der Waals surface area contributed by atoms with Crippen LogP contribution in [0.15, 0.2) is 24.3 Å². The average molecular weight is 387 g/mol. The van der Waals surface area contributed by atoms with E-state index in [9.17, 15) is 9.59 Å². The van der Waals surface area contributed by atoms with Gasteiger partial charge < -0.3 is 20.5 Å². The Morgan fingerprint density at radius 3 is 2.36 bits per heavy atom. The standard InChI is InChI=1S/C21H29N3O4/c25-20(26)12-24(11-14-1-2-14)18-9-17(10-18)23-21(27)22-16-5-7-19(8-6-16)28-13-15-3-4-15/h5-8,14-15,17-18H,1-4,9-13H2,(H,25,26)(H2,22,23,27). The molecular formula is C21H29N3O4. The highest BCUT2D eigenvalue weighted by Crippen LogP contribution is 2.34. The third kappa shape index (κ3) is 5.61. The van der Waals surface area contributed by atoms with Gasteiger partial charge in [-0.3, -0.25) is 9.69 Å². The monoisotopic (exact) mass is 387 g/mol. The maximum atomic E-state index is 12.2. The van der Waals surface area contributed by atoms with Crippen molar-refractivity contribution in [3.8, 4) is 5.75 Å². The Morgan fingerprint density at radius 2 is 1.75 bits per heavy atom. The summed E-state index contributed by atoms with van der Waals surface area (Å²) in [6.45, 7) is 1.73. The van der Waals surface area contributed by atoms with Crippen LogP contribution in [0.2, 0.25) is 0 Å². The summed E-state index contributed by atoms with van der Waals surface area (Å²) in [4.78, 5) is 25.4. The van der Waals surface area contributed by atoms with Crippen LogP contribution >= 0.6 is 0 Å². The number of carbonyl (C=O) groups excluding carboxylic acids is 1. The molecule has 0 atom stereocenters. The van der Waals surface area contributed by atoms with Gasteiger partial charge in [0.05, 0.1) is 13.2 Å². The minimum absolute atomic E-state index is 0.0925. The lowest BCUT2D eigenvalue weighted by Crippen LogP contribution is -2.55. The van der Waals surface area contributed by atoms with Gasteiger partial charge in [0.15, 0.2) is 0 Å². The topological polar surface area (TPSA) is 90.9 Å². The van der Waals surface area contributed by atoms with Gasteiger partial charge in [-0.15, -0.1) is 0 Å². The van der Waals surface area contributed by atoms with Crippen molar-refractivity contribution in [2.75, 3.05) is 25.0 Å². The molecule has 3 fully saturated rings. The molecule has 1 aromatic rings. The van der Waals surface area contributed by atoms with Crippen molar-refractivity contribution in [2.45, 2.75) is 50.6 Å². The summed E-state index contributed by atoms with van der Waals surface area (Å²) in [7, 11) is 0. The van der Waals surface area contributed by atoms with Crippen LogP contribution in [-0.4, -0.2) is 53.8 Å². The fraction of sp³-hybridized carbons (Fsp3) is 0.619. The number of urea groups is 1. The van der Waals surface area contributed by atoms with Crippen LogP contribution in [0, 0.1) is 11.8 Å². The van der Waals surface area contributed by atoms with Crippen molar-refractivity contribution in [3.05, 3.63) is 24.3 Å². The Labute approximate surface area is 165 Å². The fourth-order valence-corrected chi connectivity index (χ4v) is 3.64. The molecule has 152 valence electrons. The van der Waals surface area contributed by atoms with E-state index in [2.05, 4.69) is 15.5 Å². The number of anilines is 1. The molecule has 0 radical (unpaired) electrons. The van der Waals surface area contributed by atoms with Crippen molar-refractivity contribution in [1.29, 1.82) is 0 Å². The van der Waals surface area contributed by atoms with Gasteiger partial charge in [0.25, 0.3) is 0 Å². The van der Waals surface area contributed by atoms with Crippen LogP contribution in [0.1, 0.15) is 38.5 Å². The predicted octanol–water partition coefficient (Wildman–Crippen LogP) is 2.92. The van der Waals surface area contributed by atoms with Gasteiger partial charge in [0.1, 0.15) is 5.75 Å². The van der Waals surface area contributed by atoms with E-state index in [0.29, 0.717) is 11.8 Å². The molecule has 3 saturated carbocycles. The van der Waals surface area contributed by atoms with Gasteiger partial charge in [-0.05, 0) is 74.6 Å². The molecule has 0 saturated heterocycles. The molecule has 7 heteroatoms. The number of aliphatic carboxylic acids is 1. The third-order valence-corrected chi connectivity index (χ3v) is 5.79. The zero-order valence-corrected chi connectivity index (χ0v) is 16.1. The molecule has 7 nitrogen and oxygen atoms in total. The number of carboxylic acids is 1. The van der Waals surface area contributed by atoms with E-state index in [1.165, 1.54) is 25.7 Å². The number of nitrogens with zero attached hydrogens (tertiary/aromatic N) is 1. The summed E-state index contributed by atoms with van der Waals surface area (Å²) in [5, 5.41) is 14.9. The van der Waals surface area contributed by atoms with Crippen molar-refractivity contribution in [1.82, 2.24) is 10.2 Å². The number of nitrogens with one attached hydrogen (secondary N) is 2. The number of amides is 2. The predicted molar refractivity (Wildman–Crippen MR) is 106 cm³/mol. The number of rotatable bonds is 10.